The number of hydrogen-bond donors (Lipinski definition) is 1. The summed E-state index contributed by atoms with van der Waals surface area (Å²) in [4.78, 5) is 27.5. The summed E-state index contributed by atoms with van der Waals surface area (Å²) in [6.45, 7) is 5.89. The molecule has 1 atom stereocenters. The van der Waals surface area contributed by atoms with E-state index in [2.05, 4.69) is 0 Å². The van der Waals surface area contributed by atoms with Gasteiger partial charge in [0.1, 0.15) is 23.3 Å². The second-order valence-corrected chi connectivity index (χ2v) is 7.90. The lowest BCUT2D eigenvalue weighted by atomic mass is 9.98. The van der Waals surface area contributed by atoms with Gasteiger partial charge in [0.05, 0.1) is 17.9 Å². The number of Topliss-reactive ketones (excluding diaryl/α,β-unsaturated/α-hetero) is 1. The maximum absolute atomic E-state index is 13.1. The molecule has 164 valence electrons. The highest BCUT2D eigenvalue weighted by atomic mass is 16.5. The highest BCUT2D eigenvalue weighted by Crippen LogP contribution is 2.42. The Morgan fingerprint density at radius 3 is 2.31 bits per heavy atom. The van der Waals surface area contributed by atoms with Crippen molar-refractivity contribution < 1.29 is 23.8 Å². The topological polar surface area (TPSA) is 80.0 Å². The molecular formula is C26H25NO5. The molecule has 1 amide bonds. The molecule has 32 heavy (non-hydrogen) atoms. The SMILES string of the molecule is CCc1ccc(/C(O)=C2/C(=O)C(=O)N(c3ccc(OC(C)C)cc3)C2c2ccco2)cc1. The fourth-order valence-electron chi connectivity index (χ4n) is 3.83. The number of furan rings is 1. The lowest BCUT2D eigenvalue weighted by Crippen LogP contribution is -2.29. The molecule has 3 aromatic rings. The highest BCUT2D eigenvalue weighted by Gasteiger charge is 2.48. The first-order valence-electron chi connectivity index (χ1n) is 10.6. The lowest BCUT2D eigenvalue weighted by Gasteiger charge is -2.23. The van der Waals surface area contributed by atoms with Crippen molar-refractivity contribution in [1.82, 2.24) is 0 Å². The Kier molecular flexibility index (Phi) is 5.86. The summed E-state index contributed by atoms with van der Waals surface area (Å²) in [6, 6.07) is 16.7. The van der Waals surface area contributed by atoms with Crippen LogP contribution in [0.25, 0.3) is 5.76 Å². The van der Waals surface area contributed by atoms with E-state index in [9.17, 15) is 14.7 Å². The number of carbonyl (C=O) groups excluding carboxylic acids is 2. The molecule has 2 heterocycles. The number of hydrogen-bond acceptors (Lipinski definition) is 5. The van der Waals surface area contributed by atoms with Gasteiger partial charge in [-0.05, 0) is 62.2 Å². The largest absolute Gasteiger partial charge is 0.507 e. The van der Waals surface area contributed by atoms with Gasteiger partial charge in [-0.25, -0.2) is 0 Å². The molecule has 0 bridgehead atoms. The molecule has 1 N–H and O–H groups in total. The standard InChI is InChI=1S/C26H25NO5/c1-4-17-7-9-18(10-8-17)24(28)22-23(21-6-5-15-31-21)27(26(30)25(22)29)19-11-13-20(14-12-19)32-16(2)3/h5-16,23,28H,4H2,1-3H3/b24-22-. The van der Waals surface area contributed by atoms with Crippen LogP contribution in [0.1, 0.15) is 43.7 Å². The molecule has 1 aliphatic heterocycles. The van der Waals surface area contributed by atoms with E-state index in [-0.39, 0.29) is 17.4 Å². The van der Waals surface area contributed by atoms with Gasteiger partial charge < -0.3 is 14.3 Å². The Morgan fingerprint density at radius 2 is 1.75 bits per heavy atom. The molecule has 0 radical (unpaired) electrons. The molecule has 6 heteroatoms. The number of rotatable bonds is 6. The zero-order chi connectivity index (χ0) is 22.8. The average Bonchev–Trinajstić information content (AvgIpc) is 3.41. The Hall–Kier alpha value is -3.80. The van der Waals surface area contributed by atoms with E-state index >= 15 is 0 Å². The minimum atomic E-state index is -0.882. The number of aryl methyl sites for hydroxylation is 1. The fraction of sp³-hybridized carbons (Fsp3) is 0.231. The third-order valence-electron chi connectivity index (χ3n) is 5.38. The molecule has 0 spiro atoms. The first kappa shape index (κ1) is 21.4. The number of carbonyl (C=O) groups is 2. The quantitative estimate of drug-likeness (QED) is 0.327. The van der Waals surface area contributed by atoms with E-state index in [1.807, 2.05) is 32.9 Å². The first-order valence-corrected chi connectivity index (χ1v) is 10.6. The van der Waals surface area contributed by atoms with Crippen LogP contribution >= 0.6 is 0 Å². The van der Waals surface area contributed by atoms with Crippen molar-refractivity contribution in [2.45, 2.75) is 39.3 Å². The number of anilines is 1. The Labute approximate surface area is 186 Å². The maximum Gasteiger partial charge on any atom is 0.300 e. The van der Waals surface area contributed by atoms with Crippen LogP contribution in [0.5, 0.6) is 5.75 Å². The van der Waals surface area contributed by atoms with Gasteiger partial charge in [-0.1, -0.05) is 31.2 Å². The predicted octanol–water partition coefficient (Wildman–Crippen LogP) is 5.26. The number of aliphatic hydroxyl groups excluding tert-OH is 1. The normalized spacial score (nSPS) is 17.9. The van der Waals surface area contributed by atoms with Crippen LogP contribution in [0.15, 0.2) is 76.9 Å². The van der Waals surface area contributed by atoms with Crippen LogP contribution in [-0.2, 0) is 16.0 Å². The van der Waals surface area contributed by atoms with Gasteiger partial charge in [0, 0.05) is 11.3 Å². The molecule has 1 aromatic heterocycles. The Morgan fingerprint density at radius 1 is 1.06 bits per heavy atom. The Bertz CT molecular complexity index is 1140. The third-order valence-corrected chi connectivity index (χ3v) is 5.38. The van der Waals surface area contributed by atoms with E-state index in [1.54, 1.807) is 48.5 Å². The molecule has 1 aliphatic rings. The molecular weight excluding hydrogens is 406 g/mol. The highest BCUT2D eigenvalue weighted by molar-refractivity contribution is 6.51. The Balaban J connectivity index is 1.81. The minimum absolute atomic E-state index is 0.00305. The number of amides is 1. The lowest BCUT2D eigenvalue weighted by molar-refractivity contribution is -0.132. The summed E-state index contributed by atoms with van der Waals surface area (Å²) in [6.07, 6.45) is 2.34. The van der Waals surface area contributed by atoms with Crippen LogP contribution in [0.3, 0.4) is 0 Å². The third kappa shape index (κ3) is 3.91. The maximum atomic E-state index is 13.1. The van der Waals surface area contributed by atoms with Gasteiger partial charge in [0.15, 0.2) is 0 Å². The number of ether oxygens (including phenoxy) is 1. The van der Waals surface area contributed by atoms with Crippen molar-refractivity contribution in [2.24, 2.45) is 0 Å². The van der Waals surface area contributed by atoms with Gasteiger partial charge in [-0.15, -0.1) is 0 Å². The van der Waals surface area contributed by atoms with Crippen LogP contribution in [0.2, 0.25) is 0 Å². The van der Waals surface area contributed by atoms with Gasteiger partial charge >= 0.3 is 0 Å². The van der Waals surface area contributed by atoms with Gasteiger partial charge in [-0.3, -0.25) is 14.5 Å². The average molecular weight is 431 g/mol. The predicted molar refractivity (Wildman–Crippen MR) is 122 cm³/mol. The second-order valence-electron chi connectivity index (χ2n) is 7.90. The van der Waals surface area contributed by atoms with Crippen molar-refractivity contribution in [3.05, 3.63) is 89.4 Å². The van der Waals surface area contributed by atoms with Crippen molar-refractivity contribution in [3.63, 3.8) is 0 Å². The van der Waals surface area contributed by atoms with Gasteiger partial charge in [-0.2, -0.15) is 0 Å². The first-order chi connectivity index (χ1) is 15.4. The molecule has 4 rings (SSSR count). The summed E-state index contributed by atoms with van der Waals surface area (Å²) in [5.74, 6) is -0.666. The van der Waals surface area contributed by atoms with Crippen molar-refractivity contribution in [3.8, 4) is 5.75 Å². The second kappa shape index (κ2) is 8.75. The molecule has 0 saturated carbocycles. The van der Waals surface area contributed by atoms with Gasteiger partial charge in [0.25, 0.3) is 11.7 Å². The van der Waals surface area contributed by atoms with E-state index < -0.39 is 17.7 Å². The smallest absolute Gasteiger partial charge is 0.300 e. The van der Waals surface area contributed by atoms with E-state index in [1.165, 1.54) is 11.2 Å². The molecule has 2 aromatic carbocycles. The summed E-state index contributed by atoms with van der Waals surface area (Å²) < 4.78 is 11.3. The molecule has 6 nitrogen and oxygen atoms in total. The monoisotopic (exact) mass is 431 g/mol. The van der Waals surface area contributed by atoms with Crippen LogP contribution in [0, 0.1) is 0 Å². The molecule has 1 fully saturated rings. The number of ketones is 1. The van der Waals surface area contributed by atoms with E-state index in [0.717, 1.165) is 12.0 Å². The number of aliphatic hydroxyl groups is 1. The van der Waals surface area contributed by atoms with E-state index in [0.29, 0.717) is 22.8 Å². The molecule has 1 unspecified atom stereocenters. The van der Waals surface area contributed by atoms with Crippen LogP contribution in [0.4, 0.5) is 5.69 Å². The zero-order valence-electron chi connectivity index (χ0n) is 18.2. The van der Waals surface area contributed by atoms with E-state index in [4.69, 9.17) is 9.15 Å². The van der Waals surface area contributed by atoms with Crippen molar-refractivity contribution in [1.29, 1.82) is 0 Å². The summed E-state index contributed by atoms with van der Waals surface area (Å²) in [5.41, 5.74) is 2.08. The molecule has 1 saturated heterocycles. The van der Waals surface area contributed by atoms with Crippen molar-refractivity contribution >= 4 is 23.1 Å². The minimum Gasteiger partial charge on any atom is -0.507 e. The summed E-state index contributed by atoms with van der Waals surface area (Å²) >= 11 is 0. The summed E-state index contributed by atoms with van der Waals surface area (Å²) in [7, 11) is 0. The van der Waals surface area contributed by atoms with Gasteiger partial charge in [0.2, 0.25) is 0 Å². The van der Waals surface area contributed by atoms with Crippen LogP contribution < -0.4 is 9.64 Å². The summed E-state index contributed by atoms with van der Waals surface area (Å²) in [5, 5.41) is 11.1. The van der Waals surface area contributed by atoms with Crippen molar-refractivity contribution in [2.75, 3.05) is 4.90 Å². The molecule has 0 aliphatic carbocycles. The zero-order valence-corrected chi connectivity index (χ0v) is 18.2. The number of nitrogens with zero attached hydrogens (tertiary/aromatic N) is 1. The van der Waals surface area contributed by atoms with Crippen LogP contribution in [-0.4, -0.2) is 22.9 Å². The fourth-order valence-corrected chi connectivity index (χ4v) is 3.83. The number of benzene rings is 2.